The number of hydrogen-bond donors (Lipinski definition) is 2. The number of halogens is 1. The van der Waals surface area contributed by atoms with Crippen LogP contribution in [0.1, 0.15) is 15.9 Å². The number of nitrogens with one attached hydrogen (secondary N) is 1. The number of carbonyl (C=O) groups excluding carboxylic acids is 1. The highest BCUT2D eigenvalue weighted by molar-refractivity contribution is 14.1. The molecule has 92 valence electrons. The van der Waals surface area contributed by atoms with Crippen LogP contribution in [0, 0.1) is 10.5 Å². The van der Waals surface area contributed by atoms with Crippen LogP contribution in [0.15, 0.2) is 42.5 Å². The van der Waals surface area contributed by atoms with Gasteiger partial charge in [0, 0.05) is 14.9 Å². The number of anilines is 2. The van der Waals surface area contributed by atoms with Gasteiger partial charge in [0.15, 0.2) is 0 Å². The van der Waals surface area contributed by atoms with Crippen LogP contribution in [0.5, 0.6) is 0 Å². The molecular formula is C14H13IN2O. The van der Waals surface area contributed by atoms with E-state index in [9.17, 15) is 4.79 Å². The van der Waals surface area contributed by atoms with Crippen LogP contribution in [0.4, 0.5) is 11.4 Å². The Morgan fingerprint density at radius 2 is 1.89 bits per heavy atom. The molecule has 0 bridgehead atoms. The Hall–Kier alpha value is -1.56. The molecule has 4 heteroatoms. The molecule has 18 heavy (non-hydrogen) atoms. The zero-order chi connectivity index (χ0) is 13.1. The van der Waals surface area contributed by atoms with Crippen molar-refractivity contribution in [2.24, 2.45) is 0 Å². The van der Waals surface area contributed by atoms with Crippen molar-refractivity contribution in [1.29, 1.82) is 0 Å². The van der Waals surface area contributed by atoms with Gasteiger partial charge in [0.05, 0.1) is 5.56 Å². The van der Waals surface area contributed by atoms with Crippen molar-refractivity contribution in [2.75, 3.05) is 11.1 Å². The molecule has 0 aliphatic rings. The van der Waals surface area contributed by atoms with Gasteiger partial charge in [-0.2, -0.15) is 0 Å². The van der Waals surface area contributed by atoms with E-state index in [1.165, 1.54) is 0 Å². The molecule has 3 N–H and O–H groups in total. The third-order valence-corrected chi connectivity index (χ3v) is 3.89. The zero-order valence-electron chi connectivity index (χ0n) is 9.91. The maximum Gasteiger partial charge on any atom is 0.257 e. The average Bonchev–Trinajstić information content (AvgIpc) is 2.35. The molecule has 0 aliphatic carbocycles. The van der Waals surface area contributed by atoms with Crippen LogP contribution >= 0.6 is 22.6 Å². The number of nitrogens with two attached hydrogens (primary N) is 1. The molecule has 0 spiro atoms. The molecule has 0 saturated heterocycles. The van der Waals surface area contributed by atoms with E-state index < -0.39 is 0 Å². The molecule has 0 aromatic heterocycles. The number of carbonyl (C=O) groups is 1. The summed E-state index contributed by atoms with van der Waals surface area (Å²) >= 11 is 2.24. The van der Waals surface area contributed by atoms with Crippen LogP contribution in [0.2, 0.25) is 0 Å². The van der Waals surface area contributed by atoms with Gasteiger partial charge in [0.2, 0.25) is 0 Å². The van der Waals surface area contributed by atoms with Crippen LogP contribution in [-0.4, -0.2) is 5.91 Å². The molecule has 0 saturated carbocycles. The maximum atomic E-state index is 12.1. The van der Waals surface area contributed by atoms with Crippen molar-refractivity contribution in [3.63, 3.8) is 0 Å². The molecule has 0 fully saturated rings. The Kier molecular flexibility index (Phi) is 3.86. The van der Waals surface area contributed by atoms with Gasteiger partial charge < -0.3 is 11.1 Å². The lowest BCUT2D eigenvalue weighted by atomic mass is 10.1. The van der Waals surface area contributed by atoms with Crippen LogP contribution < -0.4 is 11.1 Å². The van der Waals surface area contributed by atoms with E-state index in [2.05, 4.69) is 27.9 Å². The normalized spacial score (nSPS) is 10.1. The quantitative estimate of drug-likeness (QED) is 0.643. The highest BCUT2D eigenvalue weighted by atomic mass is 127. The SMILES string of the molecule is Cc1c(I)cccc1NC(=O)c1ccccc1N. The lowest BCUT2D eigenvalue weighted by Crippen LogP contribution is -2.14. The van der Waals surface area contributed by atoms with Gasteiger partial charge in [0.25, 0.3) is 5.91 Å². The van der Waals surface area contributed by atoms with E-state index in [4.69, 9.17) is 5.73 Å². The first kappa shape index (κ1) is 12.9. The van der Waals surface area contributed by atoms with Gasteiger partial charge in [-0.3, -0.25) is 4.79 Å². The lowest BCUT2D eigenvalue weighted by Gasteiger charge is -2.10. The van der Waals surface area contributed by atoms with Crippen molar-refractivity contribution >= 4 is 39.9 Å². The minimum absolute atomic E-state index is 0.182. The smallest absolute Gasteiger partial charge is 0.257 e. The Morgan fingerprint density at radius 1 is 1.17 bits per heavy atom. The van der Waals surface area contributed by atoms with Crippen molar-refractivity contribution in [3.05, 3.63) is 57.2 Å². The second kappa shape index (κ2) is 5.39. The minimum atomic E-state index is -0.182. The Balaban J connectivity index is 2.27. The van der Waals surface area contributed by atoms with E-state index in [1.54, 1.807) is 18.2 Å². The van der Waals surface area contributed by atoms with E-state index in [0.29, 0.717) is 11.3 Å². The number of amides is 1. The molecular weight excluding hydrogens is 339 g/mol. The minimum Gasteiger partial charge on any atom is -0.398 e. The summed E-state index contributed by atoms with van der Waals surface area (Å²) in [5.41, 5.74) is 8.63. The van der Waals surface area contributed by atoms with E-state index in [-0.39, 0.29) is 5.91 Å². The van der Waals surface area contributed by atoms with Crippen LogP contribution in [0.3, 0.4) is 0 Å². The molecule has 1 amide bonds. The summed E-state index contributed by atoms with van der Waals surface area (Å²) in [5, 5.41) is 2.88. The zero-order valence-corrected chi connectivity index (χ0v) is 12.1. The molecule has 0 unspecified atom stereocenters. The first-order valence-corrected chi connectivity index (χ1v) is 6.58. The van der Waals surface area contributed by atoms with Crippen molar-refractivity contribution in [3.8, 4) is 0 Å². The summed E-state index contributed by atoms with van der Waals surface area (Å²) < 4.78 is 1.12. The first-order valence-electron chi connectivity index (χ1n) is 5.50. The molecule has 2 rings (SSSR count). The Bertz CT molecular complexity index is 596. The number of nitrogen functional groups attached to an aromatic ring is 1. The molecule has 2 aromatic carbocycles. The summed E-state index contributed by atoms with van der Waals surface area (Å²) in [6.07, 6.45) is 0. The van der Waals surface area contributed by atoms with Gasteiger partial charge in [-0.05, 0) is 59.3 Å². The van der Waals surface area contributed by atoms with E-state index in [1.807, 2.05) is 31.2 Å². The summed E-state index contributed by atoms with van der Waals surface area (Å²) in [6, 6.07) is 12.8. The van der Waals surface area contributed by atoms with Gasteiger partial charge in [-0.25, -0.2) is 0 Å². The van der Waals surface area contributed by atoms with Crippen LogP contribution in [0.25, 0.3) is 0 Å². The monoisotopic (exact) mass is 352 g/mol. The second-order valence-electron chi connectivity index (χ2n) is 3.95. The Morgan fingerprint density at radius 3 is 2.61 bits per heavy atom. The summed E-state index contributed by atoms with van der Waals surface area (Å²) in [4.78, 5) is 12.1. The average molecular weight is 352 g/mol. The number of hydrogen-bond acceptors (Lipinski definition) is 2. The summed E-state index contributed by atoms with van der Waals surface area (Å²) in [5.74, 6) is -0.182. The van der Waals surface area contributed by atoms with Gasteiger partial charge in [-0.15, -0.1) is 0 Å². The third kappa shape index (κ3) is 2.64. The highest BCUT2D eigenvalue weighted by Crippen LogP contribution is 2.21. The predicted octanol–water partition coefficient (Wildman–Crippen LogP) is 3.43. The first-order chi connectivity index (χ1) is 8.59. The fourth-order valence-corrected chi connectivity index (χ4v) is 2.13. The number of rotatable bonds is 2. The lowest BCUT2D eigenvalue weighted by molar-refractivity contribution is 0.102. The molecule has 0 radical (unpaired) electrons. The third-order valence-electron chi connectivity index (χ3n) is 2.72. The standard InChI is InChI=1S/C14H13IN2O/c1-9-11(15)6-4-8-13(9)17-14(18)10-5-2-3-7-12(10)16/h2-8H,16H2,1H3,(H,17,18). The van der Waals surface area contributed by atoms with Crippen molar-refractivity contribution in [1.82, 2.24) is 0 Å². The fraction of sp³-hybridized carbons (Fsp3) is 0.0714. The van der Waals surface area contributed by atoms with Crippen molar-refractivity contribution < 1.29 is 4.79 Å². The molecule has 0 aliphatic heterocycles. The molecule has 0 atom stereocenters. The van der Waals surface area contributed by atoms with Gasteiger partial charge in [0.1, 0.15) is 0 Å². The van der Waals surface area contributed by atoms with Crippen LogP contribution in [-0.2, 0) is 0 Å². The van der Waals surface area contributed by atoms with E-state index in [0.717, 1.165) is 14.8 Å². The largest absolute Gasteiger partial charge is 0.398 e. The number of benzene rings is 2. The van der Waals surface area contributed by atoms with Gasteiger partial charge >= 0.3 is 0 Å². The second-order valence-corrected chi connectivity index (χ2v) is 5.12. The van der Waals surface area contributed by atoms with E-state index >= 15 is 0 Å². The van der Waals surface area contributed by atoms with Gasteiger partial charge in [-0.1, -0.05) is 18.2 Å². The maximum absolute atomic E-state index is 12.1. The number of para-hydroxylation sites is 1. The predicted molar refractivity (Wildman–Crippen MR) is 82.7 cm³/mol. The fourth-order valence-electron chi connectivity index (χ4n) is 1.64. The topological polar surface area (TPSA) is 55.1 Å². The molecule has 2 aromatic rings. The Labute approximate surface area is 120 Å². The van der Waals surface area contributed by atoms with Crippen molar-refractivity contribution in [2.45, 2.75) is 6.92 Å². The highest BCUT2D eigenvalue weighted by Gasteiger charge is 2.10. The summed E-state index contributed by atoms with van der Waals surface area (Å²) in [6.45, 7) is 1.98. The molecule has 3 nitrogen and oxygen atoms in total. The molecule has 0 heterocycles. The summed E-state index contributed by atoms with van der Waals surface area (Å²) in [7, 11) is 0.